The Hall–Kier alpha value is -2.99. The van der Waals surface area contributed by atoms with E-state index in [1.54, 1.807) is 24.3 Å². The molecule has 2 N–H and O–H groups in total. The van der Waals surface area contributed by atoms with Crippen LogP contribution in [0.15, 0.2) is 54.6 Å². The molecule has 0 saturated carbocycles. The van der Waals surface area contributed by atoms with Gasteiger partial charge in [0.15, 0.2) is 6.61 Å². The summed E-state index contributed by atoms with van der Waals surface area (Å²) < 4.78 is 7.21. The molecule has 6 nitrogen and oxygen atoms in total. The van der Waals surface area contributed by atoms with Gasteiger partial charge in [0.2, 0.25) is 0 Å². The van der Waals surface area contributed by atoms with E-state index < -0.39 is 0 Å². The third-order valence-corrected chi connectivity index (χ3v) is 4.35. The van der Waals surface area contributed by atoms with Crippen molar-refractivity contribution in [1.29, 1.82) is 0 Å². The van der Waals surface area contributed by atoms with Crippen LogP contribution in [0.4, 0.5) is 0 Å². The maximum absolute atomic E-state index is 12.3. The molecule has 0 aliphatic rings. The van der Waals surface area contributed by atoms with E-state index >= 15 is 0 Å². The molecular formula is C20H20ClN3O3. The lowest BCUT2D eigenvalue weighted by atomic mass is 10.2. The van der Waals surface area contributed by atoms with Crippen LogP contribution < -0.4 is 15.4 Å². The van der Waals surface area contributed by atoms with Crippen LogP contribution in [0.3, 0.4) is 0 Å². The van der Waals surface area contributed by atoms with Crippen molar-refractivity contribution in [3.8, 4) is 5.75 Å². The van der Waals surface area contributed by atoms with Gasteiger partial charge in [-0.15, -0.1) is 0 Å². The summed E-state index contributed by atoms with van der Waals surface area (Å²) >= 11 is 5.79. The standard InChI is InChI=1S/C20H20ClN3O3/c1-24-17-5-3-2-4-14(17)12-18(24)20(26)23-11-10-22-19(25)13-27-16-8-6-15(21)7-9-16/h2-9,12H,10-11,13H2,1H3,(H,22,25)(H,23,26). The second-order valence-electron chi connectivity index (χ2n) is 6.00. The fourth-order valence-corrected chi connectivity index (χ4v) is 2.83. The molecule has 2 amide bonds. The van der Waals surface area contributed by atoms with E-state index in [9.17, 15) is 9.59 Å². The minimum atomic E-state index is -0.260. The lowest BCUT2D eigenvalue weighted by molar-refractivity contribution is -0.123. The van der Waals surface area contributed by atoms with Crippen molar-refractivity contribution in [1.82, 2.24) is 15.2 Å². The number of benzene rings is 2. The monoisotopic (exact) mass is 385 g/mol. The molecule has 0 saturated heterocycles. The molecule has 7 heteroatoms. The van der Waals surface area contributed by atoms with Gasteiger partial charge in [-0.3, -0.25) is 9.59 Å². The predicted octanol–water partition coefficient (Wildman–Crippen LogP) is 2.76. The first-order valence-corrected chi connectivity index (χ1v) is 8.90. The topological polar surface area (TPSA) is 72.4 Å². The molecule has 0 spiro atoms. The molecule has 140 valence electrons. The third kappa shape index (κ3) is 4.80. The minimum absolute atomic E-state index is 0.0984. The Balaban J connectivity index is 1.41. The number of carbonyl (C=O) groups excluding carboxylic acids is 2. The molecule has 1 aromatic heterocycles. The zero-order valence-corrected chi connectivity index (χ0v) is 15.6. The van der Waals surface area contributed by atoms with Gasteiger partial charge >= 0.3 is 0 Å². The van der Waals surface area contributed by atoms with E-state index in [0.717, 1.165) is 10.9 Å². The largest absolute Gasteiger partial charge is 0.484 e. The van der Waals surface area contributed by atoms with Crippen LogP contribution in [-0.2, 0) is 11.8 Å². The van der Waals surface area contributed by atoms with Crippen molar-refractivity contribution in [3.63, 3.8) is 0 Å². The highest BCUT2D eigenvalue weighted by Gasteiger charge is 2.12. The first-order chi connectivity index (χ1) is 13.0. The van der Waals surface area contributed by atoms with Crippen LogP contribution in [-0.4, -0.2) is 36.1 Å². The van der Waals surface area contributed by atoms with Crippen LogP contribution in [0.25, 0.3) is 10.9 Å². The number of fused-ring (bicyclic) bond motifs is 1. The molecule has 0 unspecified atom stereocenters. The summed E-state index contributed by atoms with van der Waals surface area (Å²) in [4.78, 5) is 24.1. The number of hydrogen-bond donors (Lipinski definition) is 2. The van der Waals surface area contributed by atoms with Crippen LogP contribution in [0, 0.1) is 0 Å². The molecule has 3 rings (SSSR count). The predicted molar refractivity (Wildman–Crippen MR) is 105 cm³/mol. The molecule has 3 aromatic rings. The molecular weight excluding hydrogens is 366 g/mol. The number of carbonyl (C=O) groups is 2. The molecule has 2 aromatic carbocycles. The molecule has 0 aliphatic heterocycles. The Morgan fingerprint density at radius 1 is 1.04 bits per heavy atom. The fraction of sp³-hybridized carbons (Fsp3) is 0.200. The first kappa shape index (κ1) is 18.8. The maximum atomic E-state index is 12.3. The van der Waals surface area contributed by atoms with E-state index in [1.807, 2.05) is 41.9 Å². The summed E-state index contributed by atoms with van der Waals surface area (Å²) in [6.07, 6.45) is 0. The number of para-hydroxylation sites is 1. The summed E-state index contributed by atoms with van der Waals surface area (Å²) in [7, 11) is 1.85. The Morgan fingerprint density at radius 2 is 1.74 bits per heavy atom. The number of hydrogen-bond acceptors (Lipinski definition) is 3. The van der Waals surface area contributed by atoms with E-state index in [0.29, 0.717) is 29.6 Å². The highest BCUT2D eigenvalue weighted by molar-refractivity contribution is 6.30. The van der Waals surface area contributed by atoms with Gasteiger partial charge in [-0.25, -0.2) is 0 Å². The Kier molecular flexibility index (Phi) is 5.98. The van der Waals surface area contributed by atoms with Crippen LogP contribution in [0.1, 0.15) is 10.5 Å². The SMILES string of the molecule is Cn1c(C(=O)NCCNC(=O)COc2ccc(Cl)cc2)cc2ccccc21. The smallest absolute Gasteiger partial charge is 0.267 e. The molecule has 27 heavy (non-hydrogen) atoms. The van der Waals surface area contributed by atoms with Crippen LogP contribution >= 0.6 is 11.6 Å². The number of aromatic nitrogens is 1. The minimum Gasteiger partial charge on any atom is -0.484 e. The lowest BCUT2D eigenvalue weighted by Crippen LogP contribution is -2.37. The summed E-state index contributed by atoms with van der Waals surface area (Å²) in [5.41, 5.74) is 1.57. The molecule has 0 atom stereocenters. The molecule has 0 radical (unpaired) electrons. The summed E-state index contributed by atoms with van der Waals surface area (Å²) in [6, 6.07) is 16.4. The summed E-state index contributed by atoms with van der Waals surface area (Å²) in [5.74, 6) is 0.128. The Morgan fingerprint density at radius 3 is 2.48 bits per heavy atom. The van der Waals surface area contributed by atoms with Crippen LogP contribution in [0.5, 0.6) is 5.75 Å². The van der Waals surface area contributed by atoms with Crippen LogP contribution in [0.2, 0.25) is 5.02 Å². The average Bonchev–Trinajstić information content (AvgIpc) is 3.02. The van der Waals surface area contributed by atoms with E-state index in [1.165, 1.54) is 0 Å². The average molecular weight is 386 g/mol. The van der Waals surface area contributed by atoms with E-state index in [2.05, 4.69) is 10.6 Å². The Bertz CT molecular complexity index is 951. The van der Waals surface area contributed by atoms with Crippen molar-refractivity contribution in [3.05, 3.63) is 65.3 Å². The van der Waals surface area contributed by atoms with Gasteiger partial charge in [0.25, 0.3) is 11.8 Å². The van der Waals surface area contributed by atoms with Gasteiger partial charge in [-0.2, -0.15) is 0 Å². The van der Waals surface area contributed by atoms with Crippen molar-refractivity contribution in [2.45, 2.75) is 0 Å². The number of aryl methyl sites for hydroxylation is 1. The van der Waals surface area contributed by atoms with Crippen molar-refractivity contribution >= 4 is 34.3 Å². The third-order valence-electron chi connectivity index (χ3n) is 4.10. The van der Waals surface area contributed by atoms with Crippen molar-refractivity contribution in [2.75, 3.05) is 19.7 Å². The number of ether oxygens (including phenoxy) is 1. The number of nitrogens with zero attached hydrogens (tertiary/aromatic N) is 1. The van der Waals surface area contributed by atoms with Crippen molar-refractivity contribution in [2.24, 2.45) is 7.05 Å². The maximum Gasteiger partial charge on any atom is 0.267 e. The number of nitrogens with one attached hydrogen (secondary N) is 2. The van der Waals surface area contributed by atoms with Gasteiger partial charge in [-0.05, 0) is 36.4 Å². The summed E-state index contributed by atoms with van der Waals surface area (Å²) in [5, 5.41) is 7.12. The Labute approximate surface area is 162 Å². The van der Waals surface area contributed by atoms with Gasteiger partial charge in [-0.1, -0.05) is 29.8 Å². The van der Waals surface area contributed by atoms with E-state index in [-0.39, 0.29) is 18.4 Å². The quantitative estimate of drug-likeness (QED) is 0.614. The van der Waals surface area contributed by atoms with Gasteiger partial charge in [0.05, 0.1) is 0 Å². The second-order valence-corrected chi connectivity index (χ2v) is 6.43. The molecule has 0 bridgehead atoms. The molecule has 0 fully saturated rings. The number of rotatable bonds is 7. The highest BCUT2D eigenvalue weighted by Crippen LogP contribution is 2.18. The number of amides is 2. The van der Waals surface area contributed by atoms with Gasteiger partial charge in [0.1, 0.15) is 11.4 Å². The highest BCUT2D eigenvalue weighted by atomic mass is 35.5. The van der Waals surface area contributed by atoms with E-state index in [4.69, 9.17) is 16.3 Å². The fourth-order valence-electron chi connectivity index (χ4n) is 2.71. The first-order valence-electron chi connectivity index (χ1n) is 8.52. The zero-order valence-electron chi connectivity index (χ0n) is 14.9. The van der Waals surface area contributed by atoms with Gasteiger partial charge in [0, 0.05) is 36.1 Å². The summed E-state index contributed by atoms with van der Waals surface area (Å²) in [6.45, 7) is 0.546. The second kappa shape index (κ2) is 8.60. The normalized spacial score (nSPS) is 10.6. The zero-order chi connectivity index (χ0) is 19.2. The molecule has 1 heterocycles. The lowest BCUT2D eigenvalue weighted by Gasteiger charge is -2.09. The van der Waals surface area contributed by atoms with Crippen molar-refractivity contribution < 1.29 is 14.3 Å². The molecule has 0 aliphatic carbocycles. The van der Waals surface area contributed by atoms with Gasteiger partial charge < -0.3 is 19.9 Å². The number of halogens is 1.